The number of carbonyl (C=O) groups excluding carboxylic acids is 1. The highest BCUT2D eigenvalue weighted by Crippen LogP contribution is 2.13. The third kappa shape index (κ3) is 1.44. The Morgan fingerprint density at radius 3 is 3.00 bits per heavy atom. The summed E-state index contributed by atoms with van der Waals surface area (Å²) in [5.74, 6) is 0.558. The van der Waals surface area contributed by atoms with E-state index in [2.05, 4.69) is 12.2 Å². The van der Waals surface area contributed by atoms with Crippen LogP contribution in [-0.2, 0) is 4.79 Å². The van der Waals surface area contributed by atoms with Crippen molar-refractivity contribution in [2.24, 2.45) is 5.92 Å². The van der Waals surface area contributed by atoms with E-state index < -0.39 is 0 Å². The first kappa shape index (κ1) is 6.59. The average Bonchev–Trinajstić information content (AvgIpc) is 1.89. The number of nitrogens with one attached hydrogen (secondary N) is 1. The van der Waals surface area contributed by atoms with Crippen LogP contribution in [-0.4, -0.2) is 12.5 Å². The molecule has 0 aliphatic carbocycles. The smallest absolute Gasteiger partial charge is 0.223 e. The Morgan fingerprint density at radius 2 is 2.56 bits per heavy atom. The molecular formula is C7H13NO. The van der Waals surface area contributed by atoms with E-state index in [1.165, 1.54) is 0 Å². The topological polar surface area (TPSA) is 29.1 Å². The fourth-order valence-electron chi connectivity index (χ4n) is 1.23. The Hall–Kier alpha value is -0.530. The van der Waals surface area contributed by atoms with Crippen LogP contribution in [0.25, 0.3) is 0 Å². The molecule has 1 saturated heterocycles. The number of carbonyl (C=O) groups is 1. The first-order chi connectivity index (χ1) is 4.34. The molecular weight excluding hydrogens is 114 g/mol. The van der Waals surface area contributed by atoms with Crippen LogP contribution < -0.4 is 5.32 Å². The first-order valence-electron chi connectivity index (χ1n) is 3.62. The molecule has 0 spiro atoms. The van der Waals surface area contributed by atoms with Gasteiger partial charge in [-0.3, -0.25) is 4.79 Å². The fraction of sp³-hybridized carbons (Fsp3) is 0.857. The van der Waals surface area contributed by atoms with Crippen molar-refractivity contribution in [2.45, 2.75) is 26.2 Å². The van der Waals surface area contributed by atoms with Crippen LogP contribution in [0.15, 0.2) is 0 Å². The normalized spacial score (nSPS) is 27.7. The third-order valence-electron chi connectivity index (χ3n) is 1.89. The van der Waals surface area contributed by atoms with Crippen molar-refractivity contribution in [1.82, 2.24) is 5.32 Å². The van der Waals surface area contributed by atoms with Gasteiger partial charge in [0.15, 0.2) is 0 Å². The SMILES string of the molecule is CC[C@@H]1CCCNC1=O. The highest BCUT2D eigenvalue weighted by atomic mass is 16.1. The number of amides is 1. The lowest BCUT2D eigenvalue weighted by Crippen LogP contribution is -2.35. The van der Waals surface area contributed by atoms with Crippen LogP contribution in [0.4, 0.5) is 0 Å². The van der Waals surface area contributed by atoms with Gasteiger partial charge in [0.1, 0.15) is 0 Å². The number of hydrogen-bond acceptors (Lipinski definition) is 1. The molecule has 0 bridgehead atoms. The summed E-state index contributed by atoms with van der Waals surface area (Å²) in [6.45, 7) is 2.95. The maximum Gasteiger partial charge on any atom is 0.223 e. The van der Waals surface area contributed by atoms with Crippen LogP contribution in [0.3, 0.4) is 0 Å². The molecule has 0 aromatic heterocycles. The van der Waals surface area contributed by atoms with Crippen molar-refractivity contribution in [3.8, 4) is 0 Å². The van der Waals surface area contributed by atoms with E-state index in [9.17, 15) is 4.79 Å². The molecule has 0 aromatic carbocycles. The average molecular weight is 127 g/mol. The maximum atomic E-state index is 10.9. The summed E-state index contributed by atoms with van der Waals surface area (Å²) in [6, 6.07) is 0. The molecule has 2 heteroatoms. The molecule has 0 radical (unpaired) electrons. The lowest BCUT2D eigenvalue weighted by atomic mass is 9.96. The molecule has 9 heavy (non-hydrogen) atoms. The van der Waals surface area contributed by atoms with E-state index in [4.69, 9.17) is 0 Å². The Kier molecular flexibility index (Phi) is 2.09. The molecule has 1 atom stereocenters. The minimum Gasteiger partial charge on any atom is -0.356 e. The standard InChI is InChI=1S/C7H13NO/c1-2-6-4-3-5-8-7(6)9/h6H,2-5H2,1H3,(H,8,9)/t6-/m1/s1. The predicted octanol–water partition coefficient (Wildman–Crippen LogP) is 0.923. The highest BCUT2D eigenvalue weighted by Gasteiger charge is 2.18. The molecule has 1 N–H and O–H groups in total. The van der Waals surface area contributed by atoms with Crippen LogP contribution in [0, 0.1) is 5.92 Å². The summed E-state index contributed by atoms with van der Waals surface area (Å²) < 4.78 is 0. The second kappa shape index (κ2) is 2.85. The second-order valence-corrected chi connectivity index (χ2v) is 2.54. The van der Waals surface area contributed by atoms with Crippen LogP contribution in [0.2, 0.25) is 0 Å². The summed E-state index contributed by atoms with van der Waals surface area (Å²) in [5.41, 5.74) is 0. The third-order valence-corrected chi connectivity index (χ3v) is 1.89. The van der Waals surface area contributed by atoms with Crippen molar-refractivity contribution in [3.63, 3.8) is 0 Å². The summed E-state index contributed by atoms with van der Waals surface area (Å²) >= 11 is 0. The van der Waals surface area contributed by atoms with Gasteiger partial charge < -0.3 is 5.32 Å². The van der Waals surface area contributed by atoms with Gasteiger partial charge in [-0.1, -0.05) is 6.92 Å². The largest absolute Gasteiger partial charge is 0.356 e. The quantitative estimate of drug-likeness (QED) is 0.557. The van der Waals surface area contributed by atoms with Gasteiger partial charge in [-0.25, -0.2) is 0 Å². The summed E-state index contributed by atoms with van der Waals surface area (Å²) in [4.78, 5) is 10.9. The zero-order chi connectivity index (χ0) is 6.69. The van der Waals surface area contributed by atoms with Crippen LogP contribution >= 0.6 is 0 Å². The lowest BCUT2D eigenvalue weighted by molar-refractivity contribution is -0.126. The molecule has 0 unspecified atom stereocenters. The molecule has 1 heterocycles. The minimum absolute atomic E-state index is 0.253. The van der Waals surface area contributed by atoms with Crippen molar-refractivity contribution in [2.75, 3.05) is 6.54 Å². The Bertz CT molecular complexity index is 111. The highest BCUT2D eigenvalue weighted by molar-refractivity contribution is 5.79. The molecule has 2 nitrogen and oxygen atoms in total. The molecule has 1 fully saturated rings. The van der Waals surface area contributed by atoms with Gasteiger partial charge in [-0.05, 0) is 19.3 Å². The zero-order valence-corrected chi connectivity index (χ0v) is 5.81. The summed E-state index contributed by atoms with van der Waals surface area (Å²) in [6.07, 6.45) is 3.23. The molecule has 0 aromatic rings. The van der Waals surface area contributed by atoms with Crippen molar-refractivity contribution >= 4 is 5.91 Å². The predicted molar refractivity (Wildman–Crippen MR) is 36.0 cm³/mol. The lowest BCUT2D eigenvalue weighted by Gasteiger charge is -2.19. The molecule has 0 saturated carbocycles. The molecule has 52 valence electrons. The second-order valence-electron chi connectivity index (χ2n) is 2.54. The Balaban J connectivity index is 2.39. The van der Waals surface area contributed by atoms with Gasteiger partial charge in [0, 0.05) is 12.5 Å². The molecule has 1 aliphatic heterocycles. The number of rotatable bonds is 1. The number of hydrogen-bond donors (Lipinski definition) is 1. The first-order valence-corrected chi connectivity index (χ1v) is 3.62. The van der Waals surface area contributed by atoms with E-state index in [1.54, 1.807) is 0 Å². The molecule has 1 rings (SSSR count). The summed E-state index contributed by atoms with van der Waals surface area (Å²) in [7, 11) is 0. The zero-order valence-electron chi connectivity index (χ0n) is 5.81. The van der Waals surface area contributed by atoms with E-state index >= 15 is 0 Å². The van der Waals surface area contributed by atoms with Gasteiger partial charge in [0.25, 0.3) is 0 Å². The van der Waals surface area contributed by atoms with Crippen molar-refractivity contribution in [1.29, 1.82) is 0 Å². The molecule has 1 aliphatic rings. The minimum atomic E-state index is 0.253. The Morgan fingerprint density at radius 1 is 1.78 bits per heavy atom. The fourth-order valence-corrected chi connectivity index (χ4v) is 1.23. The van der Waals surface area contributed by atoms with Crippen LogP contribution in [0.1, 0.15) is 26.2 Å². The van der Waals surface area contributed by atoms with Gasteiger partial charge in [-0.15, -0.1) is 0 Å². The molecule has 1 amide bonds. The van der Waals surface area contributed by atoms with E-state index in [0.717, 1.165) is 25.8 Å². The van der Waals surface area contributed by atoms with E-state index in [0.29, 0.717) is 5.92 Å². The monoisotopic (exact) mass is 127 g/mol. The van der Waals surface area contributed by atoms with Gasteiger partial charge in [0.2, 0.25) is 5.91 Å². The van der Waals surface area contributed by atoms with Gasteiger partial charge >= 0.3 is 0 Å². The van der Waals surface area contributed by atoms with Gasteiger partial charge in [-0.2, -0.15) is 0 Å². The van der Waals surface area contributed by atoms with Crippen LogP contribution in [0.5, 0.6) is 0 Å². The summed E-state index contributed by atoms with van der Waals surface area (Å²) in [5, 5.41) is 2.84. The van der Waals surface area contributed by atoms with E-state index in [-0.39, 0.29) is 5.91 Å². The Labute approximate surface area is 55.6 Å². The number of piperidine rings is 1. The van der Waals surface area contributed by atoms with Crippen molar-refractivity contribution < 1.29 is 4.79 Å². The van der Waals surface area contributed by atoms with E-state index in [1.807, 2.05) is 0 Å². The van der Waals surface area contributed by atoms with Gasteiger partial charge in [0.05, 0.1) is 0 Å². The maximum absolute atomic E-state index is 10.9. The van der Waals surface area contributed by atoms with Crippen molar-refractivity contribution in [3.05, 3.63) is 0 Å².